The van der Waals surface area contributed by atoms with Crippen LogP contribution in [0.3, 0.4) is 0 Å². The summed E-state index contributed by atoms with van der Waals surface area (Å²) in [5.41, 5.74) is 3.57. The second-order valence-electron chi connectivity index (χ2n) is 3.80. The second-order valence-corrected chi connectivity index (χ2v) is 4.21. The Balaban J connectivity index is 1.82. The molecule has 5 nitrogen and oxygen atoms in total. The van der Waals surface area contributed by atoms with Gasteiger partial charge in [-0.05, 0) is 55.5 Å². The molecule has 0 atom stereocenters. The molecule has 0 fully saturated rings. The number of nitrogens with zero attached hydrogens (tertiary/aromatic N) is 1. The number of hydrogen-bond donors (Lipinski definition) is 2. The number of hydrazone groups is 1. The van der Waals surface area contributed by atoms with E-state index in [2.05, 4.69) is 15.8 Å². The number of anilines is 1. The van der Waals surface area contributed by atoms with E-state index < -0.39 is 0 Å². The van der Waals surface area contributed by atoms with Crippen LogP contribution in [0.5, 0.6) is 5.75 Å². The van der Waals surface area contributed by atoms with Crippen LogP contribution in [0.4, 0.5) is 5.69 Å². The van der Waals surface area contributed by atoms with Crippen molar-refractivity contribution < 1.29 is 9.15 Å². The van der Waals surface area contributed by atoms with Crippen molar-refractivity contribution in [3.05, 3.63) is 48.4 Å². The molecule has 0 amide bonds. The third-order valence-corrected chi connectivity index (χ3v) is 2.52. The lowest BCUT2D eigenvalue weighted by molar-refractivity contribution is 0.340. The van der Waals surface area contributed by atoms with Crippen molar-refractivity contribution >= 4 is 29.2 Å². The van der Waals surface area contributed by atoms with E-state index in [1.807, 2.05) is 31.2 Å². The standard InChI is InChI=1S/C14H15N3O2S/c1-2-18-12-7-5-11(6-8-12)16-14(20)17-15-10-13-4-3-9-19-13/h3-10H,2H2,1H3,(H2,16,17,20)/b15-10-. The minimum Gasteiger partial charge on any atom is -0.494 e. The van der Waals surface area contributed by atoms with Gasteiger partial charge in [0.25, 0.3) is 0 Å². The minimum atomic E-state index is 0.400. The summed E-state index contributed by atoms with van der Waals surface area (Å²) < 4.78 is 10.5. The van der Waals surface area contributed by atoms with Gasteiger partial charge >= 0.3 is 0 Å². The van der Waals surface area contributed by atoms with Crippen LogP contribution in [0.25, 0.3) is 0 Å². The summed E-state index contributed by atoms with van der Waals surface area (Å²) in [7, 11) is 0. The molecule has 0 radical (unpaired) electrons. The molecular formula is C14H15N3O2S. The average Bonchev–Trinajstić information content (AvgIpc) is 2.94. The Bertz CT molecular complexity index is 565. The zero-order valence-electron chi connectivity index (χ0n) is 11.0. The summed E-state index contributed by atoms with van der Waals surface area (Å²) in [6, 6.07) is 11.1. The van der Waals surface area contributed by atoms with Gasteiger partial charge in [0.15, 0.2) is 5.11 Å². The van der Waals surface area contributed by atoms with E-state index in [4.69, 9.17) is 21.4 Å². The molecule has 1 heterocycles. The van der Waals surface area contributed by atoms with Crippen molar-refractivity contribution in [2.45, 2.75) is 6.92 Å². The van der Waals surface area contributed by atoms with Crippen LogP contribution in [0.15, 0.2) is 52.2 Å². The zero-order chi connectivity index (χ0) is 14.2. The molecule has 2 N–H and O–H groups in total. The first-order valence-corrected chi connectivity index (χ1v) is 6.55. The monoisotopic (exact) mass is 289 g/mol. The fraction of sp³-hybridized carbons (Fsp3) is 0.143. The maximum absolute atomic E-state index is 5.36. The smallest absolute Gasteiger partial charge is 0.191 e. The number of rotatable bonds is 5. The molecule has 0 bridgehead atoms. The number of nitrogens with one attached hydrogen (secondary N) is 2. The predicted octanol–water partition coefficient (Wildman–Crippen LogP) is 3.00. The molecule has 1 aromatic heterocycles. The molecule has 0 aliphatic carbocycles. The first-order chi connectivity index (χ1) is 9.78. The van der Waals surface area contributed by atoms with E-state index in [9.17, 15) is 0 Å². The first kappa shape index (κ1) is 14.1. The highest BCUT2D eigenvalue weighted by Crippen LogP contribution is 2.15. The van der Waals surface area contributed by atoms with Crippen LogP contribution in [0.1, 0.15) is 12.7 Å². The molecule has 0 saturated carbocycles. The summed E-state index contributed by atoms with van der Waals surface area (Å²) in [5, 5.41) is 7.37. The van der Waals surface area contributed by atoms with Crippen LogP contribution >= 0.6 is 12.2 Å². The molecule has 2 rings (SSSR count). The summed E-state index contributed by atoms with van der Waals surface area (Å²) in [5.74, 6) is 1.48. The normalized spacial score (nSPS) is 10.4. The summed E-state index contributed by atoms with van der Waals surface area (Å²) in [4.78, 5) is 0. The van der Waals surface area contributed by atoms with Crippen LogP contribution in [-0.2, 0) is 0 Å². The van der Waals surface area contributed by atoms with Gasteiger partial charge in [0.2, 0.25) is 0 Å². The van der Waals surface area contributed by atoms with Crippen LogP contribution in [0.2, 0.25) is 0 Å². The zero-order valence-corrected chi connectivity index (χ0v) is 11.8. The second kappa shape index (κ2) is 7.30. The summed E-state index contributed by atoms with van der Waals surface area (Å²) in [6.07, 6.45) is 3.13. The van der Waals surface area contributed by atoms with E-state index in [1.54, 1.807) is 24.6 Å². The Morgan fingerprint density at radius 2 is 2.15 bits per heavy atom. The maximum Gasteiger partial charge on any atom is 0.191 e. The molecule has 104 valence electrons. The van der Waals surface area contributed by atoms with E-state index in [0.717, 1.165) is 11.4 Å². The number of ether oxygens (including phenoxy) is 1. The topological polar surface area (TPSA) is 58.8 Å². The van der Waals surface area contributed by atoms with E-state index in [1.165, 1.54) is 0 Å². The number of thiocarbonyl (C=S) groups is 1. The van der Waals surface area contributed by atoms with Crippen LogP contribution < -0.4 is 15.5 Å². The van der Waals surface area contributed by atoms with Gasteiger partial charge in [0.1, 0.15) is 11.5 Å². The number of hydrogen-bond acceptors (Lipinski definition) is 4. The van der Waals surface area contributed by atoms with Crippen molar-refractivity contribution in [3.63, 3.8) is 0 Å². The van der Waals surface area contributed by atoms with Crippen molar-refractivity contribution in [3.8, 4) is 5.75 Å². The highest BCUT2D eigenvalue weighted by molar-refractivity contribution is 7.80. The van der Waals surface area contributed by atoms with Crippen LogP contribution in [-0.4, -0.2) is 17.9 Å². The lowest BCUT2D eigenvalue weighted by Crippen LogP contribution is -2.23. The summed E-state index contributed by atoms with van der Waals surface area (Å²) >= 11 is 5.12. The van der Waals surface area contributed by atoms with Gasteiger partial charge in [-0.15, -0.1) is 0 Å². The Morgan fingerprint density at radius 3 is 2.80 bits per heavy atom. The molecular weight excluding hydrogens is 274 g/mol. The van der Waals surface area contributed by atoms with E-state index in [0.29, 0.717) is 17.5 Å². The SMILES string of the molecule is CCOc1ccc(NC(=S)N/N=C\c2ccco2)cc1. The quantitative estimate of drug-likeness (QED) is 0.503. The fourth-order valence-electron chi connectivity index (χ4n) is 1.48. The van der Waals surface area contributed by atoms with Crippen molar-refractivity contribution in [2.24, 2.45) is 5.10 Å². The molecule has 20 heavy (non-hydrogen) atoms. The molecule has 0 aliphatic rings. The average molecular weight is 289 g/mol. The molecule has 0 saturated heterocycles. The molecule has 2 aromatic rings. The third-order valence-electron chi connectivity index (χ3n) is 2.32. The van der Waals surface area contributed by atoms with E-state index in [-0.39, 0.29) is 0 Å². The molecule has 1 aromatic carbocycles. The number of furan rings is 1. The lowest BCUT2D eigenvalue weighted by atomic mass is 10.3. The lowest BCUT2D eigenvalue weighted by Gasteiger charge is -2.08. The predicted molar refractivity (Wildman–Crippen MR) is 83.3 cm³/mol. The van der Waals surface area contributed by atoms with Crippen molar-refractivity contribution in [1.82, 2.24) is 5.43 Å². The van der Waals surface area contributed by atoms with Gasteiger partial charge < -0.3 is 14.5 Å². The van der Waals surface area contributed by atoms with Crippen molar-refractivity contribution in [2.75, 3.05) is 11.9 Å². The van der Waals surface area contributed by atoms with Gasteiger partial charge in [0.05, 0.1) is 19.1 Å². The van der Waals surface area contributed by atoms with E-state index >= 15 is 0 Å². The Labute approximate surface area is 122 Å². The Hall–Kier alpha value is -2.34. The Kier molecular flexibility index (Phi) is 5.14. The third kappa shape index (κ3) is 4.40. The highest BCUT2D eigenvalue weighted by Gasteiger charge is 1.97. The summed E-state index contributed by atoms with van der Waals surface area (Å²) in [6.45, 7) is 2.59. The van der Waals surface area contributed by atoms with Gasteiger partial charge in [-0.1, -0.05) is 0 Å². The first-order valence-electron chi connectivity index (χ1n) is 6.14. The van der Waals surface area contributed by atoms with Gasteiger partial charge in [-0.2, -0.15) is 5.10 Å². The van der Waals surface area contributed by atoms with Gasteiger partial charge in [0, 0.05) is 5.69 Å². The van der Waals surface area contributed by atoms with Gasteiger partial charge in [-0.25, -0.2) is 0 Å². The molecule has 6 heteroatoms. The molecule has 0 aliphatic heterocycles. The molecule has 0 spiro atoms. The van der Waals surface area contributed by atoms with Gasteiger partial charge in [-0.3, -0.25) is 5.43 Å². The van der Waals surface area contributed by atoms with Crippen molar-refractivity contribution in [1.29, 1.82) is 0 Å². The highest BCUT2D eigenvalue weighted by atomic mass is 32.1. The minimum absolute atomic E-state index is 0.400. The fourth-order valence-corrected chi connectivity index (χ4v) is 1.65. The largest absolute Gasteiger partial charge is 0.494 e. The maximum atomic E-state index is 5.36. The van der Waals surface area contributed by atoms with Crippen LogP contribution in [0, 0.1) is 0 Å². The number of benzene rings is 1. The Morgan fingerprint density at radius 1 is 1.35 bits per heavy atom. The molecule has 0 unspecified atom stereocenters.